The maximum Gasteiger partial charge on any atom is 0.333 e. The fourth-order valence-corrected chi connectivity index (χ4v) is 0.791. The number of ether oxygens (including phenoxy) is 1. The normalized spacial score (nSPS) is 10.0. The summed E-state index contributed by atoms with van der Waals surface area (Å²) < 4.78 is 4.71. The number of carbonyl (C=O) groups is 2. The van der Waals surface area contributed by atoms with E-state index >= 15 is 0 Å². The Kier molecular flexibility index (Phi) is 5.84. The standard InChI is InChI=1S/C11H18O3/c1-8(2)5-6-10(12)7-14-11(13)9(3)4/h8H,3,5-7H2,1-2,4H3. The highest BCUT2D eigenvalue weighted by Crippen LogP contribution is 2.04. The summed E-state index contributed by atoms with van der Waals surface area (Å²) in [5, 5.41) is 0. The van der Waals surface area contributed by atoms with Gasteiger partial charge in [0.1, 0.15) is 6.61 Å². The predicted octanol–water partition coefficient (Wildman–Crippen LogP) is 2.11. The lowest BCUT2D eigenvalue weighted by Gasteiger charge is -2.05. The summed E-state index contributed by atoms with van der Waals surface area (Å²) in [5.74, 6) is -0.0352. The molecule has 0 unspecified atom stereocenters. The van der Waals surface area contributed by atoms with Crippen LogP contribution in [0.5, 0.6) is 0 Å². The van der Waals surface area contributed by atoms with Gasteiger partial charge >= 0.3 is 5.97 Å². The third kappa shape index (κ3) is 6.40. The molecule has 0 radical (unpaired) electrons. The SMILES string of the molecule is C=C(C)C(=O)OCC(=O)CCC(C)C. The molecule has 0 N–H and O–H groups in total. The first kappa shape index (κ1) is 12.9. The van der Waals surface area contributed by atoms with Gasteiger partial charge in [0.25, 0.3) is 0 Å². The quantitative estimate of drug-likeness (QED) is 0.485. The van der Waals surface area contributed by atoms with E-state index in [-0.39, 0.29) is 12.4 Å². The van der Waals surface area contributed by atoms with E-state index in [2.05, 4.69) is 6.58 Å². The van der Waals surface area contributed by atoms with Gasteiger partial charge in [0.15, 0.2) is 5.78 Å². The maximum absolute atomic E-state index is 11.2. The van der Waals surface area contributed by atoms with Crippen molar-refractivity contribution in [1.82, 2.24) is 0 Å². The van der Waals surface area contributed by atoms with E-state index < -0.39 is 5.97 Å². The smallest absolute Gasteiger partial charge is 0.333 e. The average molecular weight is 198 g/mol. The molecule has 0 heterocycles. The Balaban J connectivity index is 3.64. The molecule has 0 aromatic carbocycles. The molecule has 0 aromatic rings. The molecule has 0 aliphatic heterocycles. The highest BCUT2D eigenvalue weighted by atomic mass is 16.5. The van der Waals surface area contributed by atoms with E-state index in [0.717, 1.165) is 6.42 Å². The summed E-state index contributed by atoms with van der Waals surface area (Å²) >= 11 is 0. The first-order valence-electron chi connectivity index (χ1n) is 4.77. The van der Waals surface area contributed by atoms with Gasteiger partial charge in [-0.05, 0) is 19.3 Å². The van der Waals surface area contributed by atoms with Crippen LogP contribution in [-0.4, -0.2) is 18.4 Å². The lowest BCUT2D eigenvalue weighted by atomic mass is 10.1. The van der Waals surface area contributed by atoms with Crippen molar-refractivity contribution in [3.8, 4) is 0 Å². The van der Waals surface area contributed by atoms with E-state index in [9.17, 15) is 9.59 Å². The molecule has 0 amide bonds. The second-order valence-corrected chi connectivity index (χ2v) is 3.83. The molecule has 0 bridgehead atoms. The van der Waals surface area contributed by atoms with E-state index in [1.54, 1.807) is 6.92 Å². The van der Waals surface area contributed by atoms with E-state index in [0.29, 0.717) is 17.9 Å². The fraction of sp³-hybridized carbons (Fsp3) is 0.636. The van der Waals surface area contributed by atoms with Crippen LogP contribution >= 0.6 is 0 Å². The maximum atomic E-state index is 11.2. The topological polar surface area (TPSA) is 43.4 Å². The van der Waals surface area contributed by atoms with Crippen molar-refractivity contribution in [1.29, 1.82) is 0 Å². The summed E-state index contributed by atoms with van der Waals surface area (Å²) in [5.41, 5.74) is 0.321. The molecule has 0 fully saturated rings. The van der Waals surface area contributed by atoms with Gasteiger partial charge in [-0.15, -0.1) is 0 Å². The highest BCUT2D eigenvalue weighted by molar-refractivity contribution is 5.89. The van der Waals surface area contributed by atoms with Crippen molar-refractivity contribution >= 4 is 11.8 Å². The largest absolute Gasteiger partial charge is 0.454 e. The van der Waals surface area contributed by atoms with E-state index in [1.807, 2.05) is 13.8 Å². The second-order valence-electron chi connectivity index (χ2n) is 3.83. The number of rotatable bonds is 6. The average Bonchev–Trinajstić information content (AvgIpc) is 2.10. The van der Waals surface area contributed by atoms with Gasteiger partial charge in [-0.2, -0.15) is 0 Å². The predicted molar refractivity (Wildman–Crippen MR) is 54.9 cm³/mol. The number of carbonyl (C=O) groups excluding carboxylic acids is 2. The second kappa shape index (κ2) is 6.35. The molecule has 14 heavy (non-hydrogen) atoms. The van der Waals surface area contributed by atoms with Crippen molar-refractivity contribution < 1.29 is 14.3 Å². The third-order valence-corrected chi connectivity index (χ3v) is 1.71. The van der Waals surface area contributed by atoms with Gasteiger partial charge in [-0.3, -0.25) is 4.79 Å². The minimum Gasteiger partial charge on any atom is -0.454 e. The monoisotopic (exact) mass is 198 g/mol. The van der Waals surface area contributed by atoms with Crippen molar-refractivity contribution in [3.63, 3.8) is 0 Å². The molecule has 0 spiro atoms. The fourth-order valence-electron chi connectivity index (χ4n) is 0.791. The van der Waals surface area contributed by atoms with Crippen LogP contribution < -0.4 is 0 Å². The van der Waals surface area contributed by atoms with Gasteiger partial charge in [-0.25, -0.2) is 4.79 Å². The summed E-state index contributed by atoms with van der Waals surface area (Å²) in [6, 6.07) is 0. The van der Waals surface area contributed by atoms with Gasteiger partial charge in [-0.1, -0.05) is 20.4 Å². The molecule has 3 nitrogen and oxygen atoms in total. The number of ketones is 1. The minimum absolute atomic E-state index is 0.0340. The molecule has 0 saturated heterocycles. The zero-order valence-electron chi connectivity index (χ0n) is 9.13. The Labute approximate surface area is 85.1 Å². The number of Topliss-reactive ketones (excluding diaryl/α,β-unsaturated/α-hetero) is 1. The molecule has 80 valence electrons. The summed E-state index contributed by atoms with van der Waals surface area (Å²) in [6.07, 6.45) is 1.31. The Bertz CT molecular complexity index is 229. The molecule has 0 aliphatic carbocycles. The van der Waals surface area contributed by atoms with Crippen LogP contribution in [0.25, 0.3) is 0 Å². The van der Waals surface area contributed by atoms with Crippen LogP contribution in [0.4, 0.5) is 0 Å². The highest BCUT2D eigenvalue weighted by Gasteiger charge is 2.08. The van der Waals surface area contributed by atoms with Crippen molar-refractivity contribution in [2.24, 2.45) is 5.92 Å². The summed E-state index contributed by atoms with van der Waals surface area (Å²) in [4.78, 5) is 22.1. The van der Waals surface area contributed by atoms with Gasteiger partial charge < -0.3 is 4.74 Å². The molecule has 0 rings (SSSR count). The van der Waals surface area contributed by atoms with Gasteiger partial charge in [0, 0.05) is 12.0 Å². The molecular formula is C11H18O3. The molecule has 3 heteroatoms. The van der Waals surface area contributed by atoms with Gasteiger partial charge in [0.05, 0.1) is 0 Å². The number of esters is 1. The molecule has 0 atom stereocenters. The van der Waals surface area contributed by atoms with Crippen LogP contribution in [0.1, 0.15) is 33.6 Å². The Morgan fingerprint density at radius 2 is 1.93 bits per heavy atom. The molecule has 0 aliphatic rings. The summed E-state index contributed by atoms with van der Waals surface area (Å²) in [7, 11) is 0. The van der Waals surface area contributed by atoms with Crippen LogP contribution in [0, 0.1) is 5.92 Å². The molecule has 0 aromatic heterocycles. The lowest BCUT2D eigenvalue weighted by Crippen LogP contribution is -2.14. The van der Waals surface area contributed by atoms with Crippen LogP contribution in [-0.2, 0) is 14.3 Å². The van der Waals surface area contributed by atoms with Crippen molar-refractivity contribution in [2.45, 2.75) is 33.6 Å². The zero-order valence-corrected chi connectivity index (χ0v) is 9.13. The first-order chi connectivity index (χ1) is 6.43. The van der Waals surface area contributed by atoms with Crippen LogP contribution in [0.3, 0.4) is 0 Å². The first-order valence-corrected chi connectivity index (χ1v) is 4.77. The number of hydrogen-bond donors (Lipinski definition) is 0. The lowest BCUT2D eigenvalue weighted by molar-refractivity contribution is -0.144. The van der Waals surface area contributed by atoms with E-state index in [1.165, 1.54) is 0 Å². The van der Waals surface area contributed by atoms with Crippen molar-refractivity contribution in [3.05, 3.63) is 12.2 Å². The third-order valence-electron chi connectivity index (χ3n) is 1.71. The minimum atomic E-state index is -0.497. The van der Waals surface area contributed by atoms with Gasteiger partial charge in [0.2, 0.25) is 0 Å². The van der Waals surface area contributed by atoms with Crippen LogP contribution in [0.2, 0.25) is 0 Å². The number of hydrogen-bond acceptors (Lipinski definition) is 3. The van der Waals surface area contributed by atoms with Crippen LogP contribution in [0.15, 0.2) is 12.2 Å². The Morgan fingerprint density at radius 1 is 1.36 bits per heavy atom. The zero-order chi connectivity index (χ0) is 11.1. The molecular weight excluding hydrogens is 180 g/mol. The van der Waals surface area contributed by atoms with E-state index in [4.69, 9.17) is 4.74 Å². The molecule has 0 saturated carbocycles. The Hall–Kier alpha value is -1.12. The summed E-state index contributed by atoms with van der Waals surface area (Å²) in [6.45, 7) is 8.95. The van der Waals surface area contributed by atoms with Crippen molar-refractivity contribution in [2.75, 3.05) is 6.61 Å². The Morgan fingerprint density at radius 3 is 2.36 bits per heavy atom.